The lowest BCUT2D eigenvalue weighted by Gasteiger charge is -2.32. The van der Waals surface area contributed by atoms with E-state index >= 15 is 0 Å². The van der Waals surface area contributed by atoms with Crippen LogP contribution in [0.25, 0.3) is 0 Å². The number of pyridine rings is 1. The summed E-state index contributed by atoms with van der Waals surface area (Å²) in [4.78, 5) is 4.21. The van der Waals surface area contributed by atoms with Gasteiger partial charge in [-0.05, 0) is 39.3 Å². The van der Waals surface area contributed by atoms with E-state index in [1.807, 2.05) is 27.7 Å². The summed E-state index contributed by atoms with van der Waals surface area (Å²) in [6.45, 7) is 9.14. The lowest BCUT2D eigenvalue weighted by atomic mass is 9.77. The molecule has 0 amide bonds. The van der Waals surface area contributed by atoms with Gasteiger partial charge in [-0.15, -0.1) is 0 Å². The molecule has 2 aliphatic rings. The number of aromatic nitrogens is 1. The predicted octanol–water partition coefficient (Wildman–Crippen LogP) is 1.63. The van der Waals surface area contributed by atoms with Gasteiger partial charge in [0.25, 0.3) is 0 Å². The monoisotopic (exact) mass is 279 g/mol. The minimum atomic E-state index is -0.559. The van der Waals surface area contributed by atoms with Crippen LogP contribution in [-0.4, -0.2) is 36.5 Å². The minimum Gasteiger partial charge on any atom is -0.398 e. The molecule has 20 heavy (non-hydrogen) atoms. The number of ether oxygens (including phenoxy) is 1. The first-order chi connectivity index (χ1) is 9.30. The molecule has 2 aliphatic heterocycles. The van der Waals surface area contributed by atoms with E-state index in [1.165, 1.54) is 12.3 Å². The van der Waals surface area contributed by atoms with Gasteiger partial charge >= 0.3 is 7.12 Å². The van der Waals surface area contributed by atoms with Gasteiger partial charge in [-0.1, -0.05) is 0 Å². The quantitative estimate of drug-likeness (QED) is 0.772. The lowest BCUT2D eigenvalue weighted by Crippen LogP contribution is -2.42. The van der Waals surface area contributed by atoms with Crippen molar-refractivity contribution in [2.24, 2.45) is 0 Å². The summed E-state index contributed by atoms with van der Waals surface area (Å²) in [6, 6.07) is 1.51. The van der Waals surface area contributed by atoms with Crippen LogP contribution in [0.2, 0.25) is 0 Å². The summed E-state index contributed by atoms with van der Waals surface area (Å²) in [6.07, 6.45) is 1.21. The predicted molar refractivity (Wildman–Crippen MR) is 73.5 cm³/mol. The SMILES string of the molecule is CC1(C)OB(c2ncc(F)cc2C2COC2)OC1(C)C. The van der Waals surface area contributed by atoms with E-state index in [-0.39, 0.29) is 11.7 Å². The fraction of sp³-hybridized carbons (Fsp3) is 0.643. The highest BCUT2D eigenvalue weighted by atomic mass is 19.1. The third kappa shape index (κ3) is 2.16. The molecule has 0 radical (unpaired) electrons. The molecule has 1 aromatic rings. The molecule has 0 unspecified atom stereocenters. The molecule has 0 spiro atoms. The molecule has 2 fully saturated rings. The van der Waals surface area contributed by atoms with Crippen molar-refractivity contribution in [3.63, 3.8) is 0 Å². The molecule has 0 saturated carbocycles. The Morgan fingerprint density at radius 1 is 1.20 bits per heavy atom. The molecule has 2 saturated heterocycles. The van der Waals surface area contributed by atoms with Crippen molar-refractivity contribution in [3.05, 3.63) is 23.6 Å². The second-order valence-corrected chi connectivity index (χ2v) is 6.45. The number of halogens is 1. The smallest absolute Gasteiger partial charge is 0.398 e. The van der Waals surface area contributed by atoms with Gasteiger partial charge in [-0.25, -0.2) is 4.39 Å². The Kier molecular flexibility index (Phi) is 3.16. The van der Waals surface area contributed by atoms with Crippen molar-refractivity contribution in [2.45, 2.75) is 44.8 Å². The van der Waals surface area contributed by atoms with Crippen LogP contribution in [0.1, 0.15) is 39.2 Å². The molecule has 0 bridgehead atoms. The van der Waals surface area contributed by atoms with Crippen molar-refractivity contribution in [3.8, 4) is 0 Å². The molecule has 0 aliphatic carbocycles. The number of hydrogen-bond donors (Lipinski definition) is 0. The molecule has 3 heterocycles. The molecule has 0 atom stereocenters. The van der Waals surface area contributed by atoms with E-state index in [0.717, 1.165) is 5.56 Å². The maximum atomic E-state index is 13.5. The normalized spacial score (nSPS) is 24.8. The molecule has 0 N–H and O–H groups in total. The van der Waals surface area contributed by atoms with E-state index in [1.54, 1.807) is 0 Å². The minimum absolute atomic E-state index is 0.173. The summed E-state index contributed by atoms with van der Waals surface area (Å²) < 4.78 is 30.7. The summed E-state index contributed by atoms with van der Waals surface area (Å²) in [5.41, 5.74) is 0.635. The van der Waals surface area contributed by atoms with Crippen molar-refractivity contribution >= 4 is 12.7 Å². The average molecular weight is 279 g/mol. The molecule has 1 aromatic heterocycles. The molecule has 0 aromatic carbocycles. The van der Waals surface area contributed by atoms with Gasteiger partial charge in [-0.2, -0.15) is 0 Å². The number of nitrogens with zero attached hydrogens (tertiary/aromatic N) is 1. The van der Waals surface area contributed by atoms with Gasteiger partial charge < -0.3 is 14.0 Å². The second kappa shape index (κ2) is 4.51. The van der Waals surface area contributed by atoms with Gasteiger partial charge in [0.1, 0.15) is 5.82 Å². The van der Waals surface area contributed by atoms with Crippen LogP contribution in [0, 0.1) is 5.82 Å². The van der Waals surface area contributed by atoms with E-state index in [9.17, 15) is 4.39 Å². The largest absolute Gasteiger partial charge is 0.514 e. The zero-order chi connectivity index (χ0) is 14.5. The number of hydrogen-bond acceptors (Lipinski definition) is 4. The van der Waals surface area contributed by atoms with Crippen molar-refractivity contribution in [2.75, 3.05) is 13.2 Å². The average Bonchev–Trinajstić information content (AvgIpc) is 2.45. The van der Waals surface area contributed by atoms with Crippen LogP contribution in [0.5, 0.6) is 0 Å². The summed E-state index contributed by atoms with van der Waals surface area (Å²) in [5.74, 6) is -0.167. The van der Waals surface area contributed by atoms with Crippen molar-refractivity contribution in [1.82, 2.24) is 4.98 Å². The fourth-order valence-corrected chi connectivity index (χ4v) is 2.36. The zero-order valence-corrected chi connectivity index (χ0v) is 12.3. The van der Waals surface area contributed by atoms with Gasteiger partial charge in [0.05, 0.1) is 36.2 Å². The Hall–Kier alpha value is -0.975. The Balaban J connectivity index is 1.95. The van der Waals surface area contributed by atoms with E-state index in [2.05, 4.69) is 4.98 Å². The van der Waals surface area contributed by atoms with Gasteiger partial charge in [-0.3, -0.25) is 4.98 Å². The highest BCUT2D eigenvalue weighted by Gasteiger charge is 2.53. The topological polar surface area (TPSA) is 40.6 Å². The zero-order valence-electron chi connectivity index (χ0n) is 12.3. The van der Waals surface area contributed by atoms with Crippen LogP contribution in [0.3, 0.4) is 0 Å². The van der Waals surface area contributed by atoms with Crippen molar-refractivity contribution in [1.29, 1.82) is 0 Å². The van der Waals surface area contributed by atoms with Gasteiger partial charge in [0.15, 0.2) is 0 Å². The molecular weight excluding hydrogens is 260 g/mol. The third-order valence-corrected chi connectivity index (χ3v) is 4.47. The summed E-state index contributed by atoms with van der Waals surface area (Å²) >= 11 is 0. The second-order valence-electron chi connectivity index (χ2n) is 6.45. The molecule has 3 rings (SSSR count). The summed E-state index contributed by atoms with van der Waals surface area (Å²) in [7, 11) is -0.559. The van der Waals surface area contributed by atoms with Crippen LogP contribution in [0.15, 0.2) is 12.3 Å². The van der Waals surface area contributed by atoms with Gasteiger partial charge in [0.2, 0.25) is 0 Å². The highest BCUT2D eigenvalue weighted by Crippen LogP contribution is 2.37. The van der Waals surface area contributed by atoms with Crippen LogP contribution in [0.4, 0.5) is 4.39 Å². The van der Waals surface area contributed by atoms with Crippen LogP contribution >= 0.6 is 0 Å². The molecule has 6 heteroatoms. The first kappa shape index (κ1) is 14.0. The van der Waals surface area contributed by atoms with E-state index < -0.39 is 18.3 Å². The standard InChI is InChI=1S/C14H19BFNO3/c1-13(2)14(3,4)20-15(19-13)12-11(9-7-18-8-9)5-10(16)6-17-12/h5-6,9H,7-8H2,1-4H3. The molecule has 108 valence electrons. The third-order valence-electron chi connectivity index (χ3n) is 4.47. The first-order valence-electron chi connectivity index (χ1n) is 6.89. The number of rotatable bonds is 2. The lowest BCUT2D eigenvalue weighted by molar-refractivity contribution is 0.00578. The molecule has 4 nitrogen and oxygen atoms in total. The Labute approximate surface area is 118 Å². The van der Waals surface area contributed by atoms with Crippen LogP contribution < -0.4 is 5.59 Å². The van der Waals surface area contributed by atoms with Gasteiger partial charge in [0, 0.05) is 5.92 Å². The van der Waals surface area contributed by atoms with Crippen molar-refractivity contribution < 1.29 is 18.4 Å². The maximum Gasteiger partial charge on any atom is 0.514 e. The molecular formula is C14H19BFNO3. The van der Waals surface area contributed by atoms with Crippen LogP contribution in [-0.2, 0) is 14.0 Å². The highest BCUT2D eigenvalue weighted by molar-refractivity contribution is 6.61. The van der Waals surface area contributed by atoms with E-state index in [4.69, 9.17) is 14.0 Å². The summed E-state index contributed by atoms with van der Waals surface area (Å²) in [5, 5.41) is 0. The Morgan fingerprint density at radius 2 is 1.80 bits per heavy atom. The Bertz CT molecular complexity index is 515. The maximum absolute atomic E-state index is 13.5. The Morgan fingerprint density at radius 3 is 2.30 bits per heavy atom. The fourth-order valence-electron chi connectivity index (χ4n) is 2.36. The first-order valence-corrected chi connectivity index (χ1v) is 6.89. The van der Waals surface area contributed by atoms with E-state index in [0.29, 0.717) is 18.8 Å².